The predicted molar refractivity (Wildman–Crippen MR) is 208 cm³/mol. The molecule has 0 bridgehead atoms. The highest BCUT2D eigenvalue weighted by molar-refractivity contribution is 6.23. The van der Waals surface area contributed by atoms with Gasteiger partial charge in [-0.25, -0.2) is 0 Å². The maximum atomic E-state index is 9.83. The Balaban J connectivity index is 1.34. The first-order valence-electron chi connectivity index (χ1n) is 26.1. The van der Waals surface area contributed by atoms with Crippen LogP contribution in [0.3, 0.4) is 0 Å². The van der Waals surface area contributed by atoms with Gasteiger partial charge in [0.1, 0.15) is 11.2 Å². The van der Waals surface area contributed by atoms with Gasteiger partial charge in [0.2, 0.25) is 0 Å². The van der Waals surface area contributed by atoms with Crippen LogP contribution in [0, 0.1) is 0 Å². The molecular formula is C48H30O. The lowest BCUT2D eigenvalue weighted by atomic mass is 9.83. The van der Waals surface area contributed by atoms with Crippen LogP contribution in [0.15, 0.2) is 186 Å². The summed E-state index contributed by atoms with van der Waals surface area (Å²) in [6, 6.07) is -2.41. The molecule has 0 N–H and O–H groups in total. The molecule has 10 rings (SSSR count). The van der Waals surface area contributed by atoms with Gasteiger partial charge in [-0.15, -0.1) is 0 Å². The van der Waals surface area contributed by atoms with Crippen LogP contribution in [0.5, 0.6) is 0 Å². The average molecular weight is 645 g/mol. The van der Waals surface area contributed by atoms with Gasteiger partial charge in [0.25, 0.3) is 0 Å². The molecule has 0 saturated carbocycles. The van der Waals surface area contributed by atoms with Crippen molar-refractivity contribution in [2.45, 2.75) is 0 Å². The molecule has 0 unspecified atom stereocenters. The smallest absolute Gasteiger partial charge is 0.136 e. The zero-order chi connectivity index (χ0) is 51.5. The van der Waals surface area contributed by atoms with E-state index in [0.29, 0.717) is 0 Å². The third kappa shape index (κ3) is 4.47. The average Bonchev–Trinajstić information content (AvgIpc) is 3.78. The first-order chi connectivity index (χ1) is 33.5. The van der Waals surface area contributed by atoms with Crippen molar-refractivity contribution in [2.24, 2.45) is 0 Å². The van der Waals surface area contributed by atoms with Crippen molar-refractivity contribution < 1.29 is 34.6 Å². The second kappa shape index (κ2) is 11.1. The van der Waals surface area contributed by atoms with E-state index in [1.54, 1.807) is 48.5 Å². The van der Waals surface area contributed by atoms with Crippen LogP contribution in [0.4, 0.5) is 0 Å². The van der Waals surface area contributed by atoms with Crippen LogP contribution in [-0.2, 0) is 0 Å². The Bertz CT molecular complexity index is 4030. The molecule has 0 fully saturated rings. The molecule has 0 saturated heterocycles. The summed E-state index contributed by atoms with van der Waals surface area (Å²) in [5, 5.41) is -0.0126. The molecule has 1 heterocycles. The van der Waals surface area contributed by atoms with E-state index in [2.05, 4.69) is 0 Å². The van der Waals surface area contributed by atoms with Gasteiger partial charge < -0.3 is 4.42 Å². The van der Waals surface area contributed by atoms with Crippen LogP contribution in [0.1, 0.15) is 30.2 Å². The first-order valence-corrected chi connectivity index (χ1v) is 15.1. The number of furan rings is 1. The molecule has 1 aromatic heterocycles. The highest BCUT2D eigenvalue weighted by Crippen LogP contribution is 2.47. The van der Waals surface area contributed by atoms with E-state index in [1.807, 2.05) is 0 Å². The quantitative estimate of drug-likeness (QED) is 0.174. The maximum Gasteiger partial charge on any atom is 0.136 e. The number of benzene rings is 9. The van der Waals surface area contributed by atoms with Crippen LogP contribution < -0.4 is 0 Å². The molecular weight excluding hydrogens is 593 g/mol. The van der Waals surface area contributed by atoms with Gasteiger partial charge in [-0.1, -0.05) is 157 Å². The number of hydrogen-bond acceptors (Lipinski definition) is 1. The fraction of sp³-hybridized carbons (Fsp3) is 0. The lowest BCUT2D eigenvalue weighted by Crippen LogP contribution is -1.92. The Morgan fingerprint density at radius 1 is 0.347 bits per heavy atom. The third-order valence-electron chi connectivity index (χ3n) is 8.38. The van der Waals surface area contributed by atoms with Crippen molar-refractivity contribution in [1.29, 1.82) is 0 Å². The molecule has 0 spiro atoms. The summed E-state index contributed by atoms with van der Waals surface area (Å²) in [6.07, 6.45) is 0. The van der Waals surface area contributed by atoms with Gasteiger partial charge >= 0.3 is 0 Å². The summed E-state index contributed by atoms with van der Waals surface area (Å²) in [7, 11) is 0. The molecule has 0 aliphatic rings. The number of rotatable bonds is 4. The number of fused-ring (bicyclic) bond motifs is 6. The Kier molecular flexibility index (Phi) is 3.07. The van der Waals surface area contributed by atoms with Crippen LogP contribution in [0.25, 0.3) is 98.8 Å². The molecule has 228 valence electrons. The van der Waals surface area contributed by atoms with Crippen molar-refractivity contribution >= 4 is 54.3 Å². The highest BCUT2D eigenvalue weighted by atomic mass is 16.3. The van der Waals surface area contributed by atoms with E-state index in [4.69, 9.17) is 23.6 Å². The monoisotopic (exact) mass is 644 g/mol. The summed E-state index contributed by atoms with van der Waals surface area (Å²) in [4.78, 5) is 0. The lowest BCUT2D eigenvalue weighted by molar-refractivity contribution is 0.669. The molecule has 0 aliphatic carbocycles. The maximum absolute atomic E-state index is 9.83. The summed E-state index contributed by atoms with van der Waals surface area (Å²) in [5.74, 6) is 0. The fourth-order valence-corrected chi connectivity index (χ4v) is 6.28. The Morgan fingerprint density at radius 2 is 0.857 bits per heavy atom. The molecule has 49 heavy (non-hydrogen) atoms. The van der Waals surface area contributed by atoms with Crippen molar-refractivity contribution in [3.8, 4) is 44.5 Å². The molecule has 0 aliphatic heterocycles. The van der Waals surface area contributed by atoms with Gasteiger partial charge in [0.05, 0.1) is 30.2 Å². The van der Waals surface area contributed by atoms with E-state index in [9.17, 15) is 11.0 Å². The van der Waals surface area contributed by atoms with E-state index in [1.165, 1.54) is 0 Å². The van der Waals surface area contributed by atoms with E-state index >= 15 is 0 Å². The molecule has 0 amide bonds. The molecule has 0 radical (unpaired) electrons. The highest BCUT2D eigenvalue weighted by Gasteiger charge is 2.20. The van der Waals surface area contributed by atoms with Gasteiger partial charge in [-0.2, -0.15) is 0 Å². The van der Waals surface area contributed by atoms with Crippen LogP contribution in [-0.4, -0.2) is 0 Å². The zero-order valence-electron chi connectivity index (χ0n) is 47.0. The SMILES string of the molecule is [2H]c1c([2H])c([2H])c(-c2c([2H])c([2H])c(-c3c([2H])c([2H])c([2H])c([2H])c3-c3c4ccccc4c(-c4c([2H])c([2H])c5oc6c([2H])c7c([2H])c([2H])c([2H])c([2H])c7c([2H])c6c5c4[2H])c4ccccc34)c([2H])c2[2H])c([2H])c1[2H]. The summed E-state index contributed by atoms with van der Waals surface area (Å²) < 4.78 is 202. The van der Waals surface area contributed by atoms with Crippen LogP contribution in [0.2, 0.25) is 0 Å². The van der Waals surface area contributed by atoms with Crippen molar-refractivity contribution in [3.63, 3.8) is 0 Å². The van der Waals surface area contributed by atoms with Crippen molar-refractivity contribution in [1.82, 2.24) is 0 Å². The number of hydrogen-bond donors (Lipinski definition) is 0. The summed E-state index contributed by atoms with van der Waals surface area (Å²) in [6.45, 7) is 0. The van der Waals surface area contributed by atoms with Crippen LogP contribution >= 0.6 is 0 Å². The van der Waals surface area contributed by atoms with Gasteiger partial charge in [-0.3, -0.25) is 0 Å². The molecule has 0 atom stereocenters. The van der Waals surface area contributed by atoms with E-state index in [0.717, 1.165) is 0 Å². The Hall–Kier alpha value is -6.44. The lowest BCUT2D eigenvalue weighted by Gasteiger charge is -2.20. The first kappa shape index (κ1) is 13.6. The Morgan fingerprint density at radius 3 is 1.55 bits per heavy atom. The standard InChI is InChI=1S/C48H30O/c1-2-12-31(13-3-1)32-22-24-33(25-23-32)37-16-6-7-17-38(37)48-41-20-10-8-18-39(41)47(40-19-9-11-21-42(40)48)36-26-27-45-43(29-36)44-28-34-14-4-5-15-35(34)30-46(44)49-45/h1-30H/i1D,2D,3D,4D,5D,6D,7D,12D,13D,14D,15D,16D,17D,22D,23D,24D,25D,26D,27D,28D,29D,30D. The minimum absolute atomic E-state index is 0.0976. The molecule has 10 aromatic rings. The predicted octanol–water partition coefficient (Wildman–Crippen LogP) is 13.7. The van der Waals surface area contributed by atoms with Crippen molar-refractivity contribution in [2.75, 3.05) is 0 Å². The molecule has 1 heteroatoms. The van der Waals surface area contributed by atoms with E-state index in [-0.39, 0.29) is 76.5 Å². The second-order valence-corrected chi connectivity index (χ2v) is 11.1. The van der Waals surface area contributed by atoms with Crippen molar-refractivity contribution in [3.05, 3.63) is 181 Å². The normalized spacial score (nSPS) is 18.0. The fourth-order valence-electron chi connectivity index (χ4n) is 6.28. The Labute approximate surface area is 315 Å². The third-order valence-corrected chi connectivity index (χ3v) is 8.38. The summed E-state index contributed by atoms with van der Waals surface area (Å²) in [5.41, 5.74) is -3.16. The van der Waals surface area contributed by atoms with Gasteiger partial charge in [0, 0.05) is 10.8 Å². The minimum Gasteiger partial charge on any atom is -0.456 e. The van der Waals surface area contributed by atoms with E-state index < -0.39 is 155 Å². The zero-order valence-corrected chi connectivity index (χ0v) is 25.0. The van der Waals surface area contributed by atoms with Gasteiger partial charge in [-0.05, 0) is 101 Å². The topological polar surface area (TPSA) is 13.1 Å². The summed E-state index contributed by atoms with van der Waals surface area (Å²) >= 11 is 0. The minimum atomic E-state index is -0.857. The van der Waals surface area contributed by atoms with Gasteiger partial charge in [0.15, 0.2) is 0 Å². The molecule has 9 aromatic carbocycles. The second-order valence-electron chi connectivity index (χ2n) is 11.1. The molecule has 1 nitrogen and oxygen atoms in total. The largest absolute Gasteiger partial charge is 0.456 e.